The Morgan fingerprint density at radius 2 is 1.96 bits per heavy atom. The number of amides is 1. The first-order valence-electron chi connectivity index (χ1n) is 9.03. The molecule has 0 saturated heterocycles. The number of rotatable bonds is 5. The van der Waals surface area contributed by atoms with E-state index < -0.39 is 17.7 Å². The molecule has 8 nitrogen and oxygen atoms in total. The molecule has 1 aliphatic rings. The molecule has 0 radical (unpaired) electrons. The standard InChI is InChI=1S/C19H26N4O4/c1-19(2,3)27-18(25)21-15-10-9-14(11-16(15)22-23-20)17(24)26-12-13-7-5-4-6-8-13/h4-8,14-16H,9-12H2,1-3H3,(H,21,25)/t14-,15+,16-/m1/s1. The largest absolute Gasteiger partial charge is 0.461 e. The van der Waals surface area contributed by atoms with Crippen LogP contribution in [0.25, 0.3) is 10.4 Å². The summed E-state index contributed by atoms with van der Waals surface area (Å²) >= 11 is 0. The second-order valence-corrected chi connectivity index (χ2v) is 7.63. The zero-order valence-electron chi connectivity index (χ0n) is 15.9. The molecule has 1 aliphatic carbocycles. The molecule has 1 saturated carbocycles. The lowest BCUT2D eigenvalue weighted by Gasteiger charge is -2.33. The van der Waals surface area contributed by atoms with Gasteiger partial charge in [-0.05, 0) is 51.1 Å². The number of nitrogens with zero attached hydrogens (tertiary/aromatic N) is 3. The minimum atomic E-state index is -0.615. The predicted octanol–water partition coefficient (Wildman–Crippen LogP) is 4.10. The Labute approximate surface area is 158 Å². The lowest BCUT2D eigenvalue weighted by molar-refractivity contribution is -0.151. The van der Waals surface area contributed by atoms with E-state index in [2.05, 4.69) is 15.3 Å². The van der Waals surface area contributed by atoms with E-state index >= 15 is 0 Å². The molecule has 2 rings (SSSR count). The third-order valence-electron chi connectivity index (χ3n) is 4.28. The van der Waals surface area contributed by atoms with Crippen LogP contribution in [-0.2, 0) is 20.9 Å². The van der Waals surface area contributed by atoms with Crippen LogP contribution < -0.4 is 5.32 Å². The van der Waals surface area contributed by atoms with Gasteiger partial charge in [0.15, 0.2) is 0 Å². The van der Waals surface area contributed by atoms with Crippen LogP contribution in [0.1, 0.15) is 45.6 Å². The molecule has 0 aromatic heterocycles. The van der Waals surface area contributed by atoms with Crippen molar-refractivity contribution in [2.45, 2.75) is 64.3 Å². The number of hydrogen-bond donors (Lipinski definition) is 1. The molecule has 0 bridgehead atoms. The van der Waals surface area contributed by atoms with Gasteiger partial charge in [-0.2, -0.15) is 0 Å². The van der Waals surface area contributed by atoms with Crippen LogP contribution in [0.2, 0.25) is 0 Å². The van der Waals surface area contributed by atoms with Gasteiger partial charge in [0.2, 0.25) is 0 Å². The van der Waals surface area contributed by atoms with Gasteiger partial charge >= 0.3 is 12.1 Å². The number of carbonyl (C=O) groups excluding carboxylic acids is 2. The summed E-state index contributed by atoms with van der Waals surface area (Å²) in [5.41, 5.74) is 9.13. The van der Waals surface area contributed by atoms with Gasteiger partial charge in [-0.1, -0.05) is 35.4 Å². The number of nitrogens with one attached hydrogen (secondary N) is 1. The lowest BCUT2D eigenvalue weighted by atomic mass is 9.82. The highest BCUT2D eigenvalue weighted by Crippen LogP contribution is 2.28. The Balaban J connectivity index is 1.91. The minimum absolute atomic E-state index is 0.210. The maximum atomic E-state index is 12.4. The van der Waals surface area contributed by atoms with Crippen molar-refractivity contribution in [1.29, 1.82) is 0 Å². The number of ether oxygens (including phenoxy) is 2. The van der Waals surface area contributed by atoms with Crippen molar-refractivity contribution in [2.24, 2.45) is 11.0 Å². The van der Waals surface area contributed by atoms with E-state index in [1.807, 2.05) is 30.3 Å². The number of hydrogen-bond acceptors (Lipinski definition) is 5. The number of alkyl carbamates (subject to hydrolysis) is 1. The summed E-state index contributed by atoms with van der Waals surface area (Å²) in [7, 11) is 0. The highest BCUT2D eigenvalue weighted by atomic mass is 16.6. The Hall–Kier alpha value is -2.73. The van der Waals surface area contributed by atoms with Crippen LogP contribution >= 0.6 is 0 Å². The zero-order valence-corrected chi connectivity index (χ0v) is 15.9. The molecule has 0 unspecified atom stereocenters. The number of azide groups is 1. The third kappa shape index (κ3) is 6.83. The van der Waals surface area contributed by atoms with E-state index in [4.69, 9.17) is 15.0 Å². The monoisotopic (exact) mass is 374 g/mol. The van der Waals surface area contributed by atoms with Gasteiger partial charge in [0.1, 0.15) is 12.2 Å². The van der Waals surface area contributed by atoms with Gasteiger partial charge in [0.05, 0.1) is 12.0 Å². The smallest absolute Gasteiger partial charge is 0.407 e. The molecule has 8 heteroatoms. The second-order valence-electron chi connectivity index (χ2n) is 7.63. The van der Waals surface area contributed by atoms with Crippen molar-refractivity contribution >= 4 is 12.1 Å². The van der Waals surface area contributed by atoms with Gasteiger partial charge in [-0.3, -0.25) is 4.79 Å². The molecule has 1 amide bonds. The van der Waals surface area contributed by atoms with Crippen molar-refractivity contribution in [1.82, 2.24) is 5.32 Å². The number of benzene rings is 1. The zero-order chi connectivity index (χ0) is 19.9. The molecule has 146 valence electrons. The summed E-state index contributed by atoms with van der Waals surface area (Å²) in [4.78, 5) is 27.2. The fourth-order valence-corrected chi connectivity index (χ4v) is 3.03. The van der Waals surface area contributed by atoms with Crippen LogP contribution in [-0.4, -0.2) is 29.7 Å². The van der Waals surface area contributed by atoms with Crippen molar-refractivity contribution in [3.8, 4) is 0 Å². The number of esters is 1. The van der Waals surface area contributed by atoms with Gasteiger partial charge in [-0.25, -0.2) is 4.79 Å². The minimum Gasteiger partial charge on any atom is -0.461 e. The molecule has 1 N–H and O–H groups in total. The highest BCUT2D eigenvalue weighted by molar-refractivity contribution is 5.73. The van der Waals surface area contributed by atoms with E-state index in [9.17, 15) is 9.59 Å². The molecule has 3 atom stereocenters. The summed E-state index contributed by atoms with van der Waals surface area (Å²) < 4.78 is 10.6. The fraction of sp³-hybridized carbons (Fsp3) is 0.579. The number of carbonyl (C=O) groups is 2. The lowest BCUT2D eigenvalue weighted by Crippen LogP contribution is -2.48. The summed E-state index contributed by atoms with van der Waals surface area (Å²) in [5, 5.41) is 6.52. The topological polar surface area (TPSA) is 113 Å². The predicted molar refractivity (Wildman–Crippen MR) is 99.7 cm³/mol. The highest BCUT2D eigenvalue weighted by Gasteiger charge is 2.35. The molecule has 1 aromatic carbocycles. The average Bonchev–Trinajstić information content (AvgIpc) is 2.60. The summed E-state index contributed by atoms with van der Waals surface area (Å²) in [5.74, 6) is -0.673. The molecule has 0 heterocycles. The summed E-state index contributed by atoms with van der Waals surface area (Å²) in [6.07, 6.45) is 0.827. The van der Waals surface area contributed by atoms with Crippen molar-refractivity contribution in [3.63, 3.8) is 0 Å². The molecular weight excluding hydrogens is 348 g/mol. The van der Waals surface area contributed by atoms with Crippen LogP contribution in [0.4, 0.5) is 4.79 Å². The van der Waals surface area contributed by atoms with Gasteiger partial charge in [0.25, 0.3) is 0 Å². The van der Waals surface area contributed by atoms with E-state index in [0.29, 0.717) is 19.3 Å². The second kappa shape index (κ2) is 9.28. The van der Waals surface area contributed by atoms with Crippen LogP contribution in [0.5, 0.6) is 0 Å². The SMILES string of the molecule is CC(C)(C)OC(=O)N[C@H]1CC[C@@H](C(=O)OCc2ccccc2)C[C@H]1N=[N+]=[N-]. The van der Waals surface area contributed by atoms with Crippen LogP contribution in [0, 0.1) is 5.92 Å². The summed E-state index contributed by atoms with van der Waals surface area (Å²) in [6.45, 7) is 5.54. The Morgan fingerprint density at radius 3 is 2.59 bits per heavy atom. The van der Waals surface area contributed by atoms with E-state index in [1.54, 1.807) is 20.8 Å². The van der Waals surface area contributed by atoms with Gasteiger partial charge in [-0.15, -0.1) is 0 Å². The fourth-order valence-electron chi connectivity index (χ4n) is 3.03. The normalized spacial score (nSPS) is 22.3. The maximum absolute atomic E-state index is 12.4. The third-order valence-corrected chi connectivity index (χ3v) is 4.28. The molecule has 0 aliphatic heterocycles. The Morgan fingerprint density at radius 1 is 1.26 bits per heavy atom. The van der Waals surface area contributed by atoms with Gasteiger partial charge < -0.3 is 14.8 Å². The molecular formula is C19H26N4O4. The van der Waals surface area contributed by atoms with Gasteiger partial charge in [0, 0.05) is 11.0 Å². The maximum Gasteiger partial charge on any atom is 0.407 e. The van der Waals surface area contributed by atoms with Crippen molar-refractivity contribution in [2.75, 3.05) is 0 Å². The Bertz CT molecular complexity index is 695. The summed E-state index contributed by atoms with van der Waals surface area (Å²) in [6, 6.07) is 8.55. The van der Waals surface area contributed by atoms with E-state index in [0.717, 1.165) is 5.56 Å². The van der Waals surface area contributed by atoms with Crippen LogP contribution in [0.15, 0.2) is 35.4 Å². The molecule has 1 fully saturated rings. The first kappa shape index (κ1) is 20.6. The average molecular weight is 374 g/mol. The van der Waals surface area contributed by atoms with E-state index in [-0.39, 0.29) is 24.5 Å². The molecule has 27 heavy (non-hydrogen) atoms. The van der Waals surface area contributed by atoms with Crippen molar-refractivity contribution < 1.29 is 19.1 Å². The first-order valence-corrected chi connectivity index (χ1v) is 9.03. The van der Waals surface area contributed by atoms with E-state index in [1.165, 1.54) is 0 Å². The quantitative estimate of drug-likeness (QED) is 0.362. The molecule has 0 spiro atoms. The molecule has 1 aromatic rings. The Kier molecular flexibility index (Phi) is 7.07. The van der Waals surface area contributed by atoms with Crippen molar-refractivity contribution in [3.05, 3.63) is 46.3 Å². The first-order chi connectivity index (χ1) is 12.8. The van der Waals surface area contributed by atoms with Crippen LogP contribution in [0.3, 0.4) is 0 Å².